The van der Waals surface area contributed by atoms with Gasteiger partial charge in [0, 0.05) is 12.3 Å². The molecule has 1 heterocycles. The van der Waals surface area contributed by atoms with Crippen LogP contribution in [-0.4, -0.2) is 24.3 Å². The summed E-state index contributed by atoms with van der Waals surface area (Å²) in [5.41, 5.74) is 1.35. The molecule has 0 saturated heterocycles. The SMILES string of the molecule is C[C@H](Oc1ccc(C(C)(C)C)cc1)C(=O)NCCSCc1ccco1. The standard InChI is InChI=1S/C20H27NO3S/c1-15(24-17-9-7-16(8-10-17)20(2,3)4)19(22)21-11-13-25-14-18-6-5-12-23-18/h5-10,12,15H,11,13-14H2,1-4H3,(H,21,22)/t15-/m0/s1. The van der Waals surface area contributed by atoms with Gasteiger partial charge in [-0.1, -0.05) is 32.9 Å². The highest BCUT2D eigenvalue weighted by Gasteiger charge is 2.16. The van der Waals surface area contributed by atoms with Crippen LogP contribution < -0.4 is 10.1 Å². The lowest BCUT2D eigenvalue weighted by atomic mass is 9.87. The molecule has 0 unspecified atom stereocenters. The Kier molecular flexibility index (Phi) is 7.00. The van der Waals surface area contributed by atoms with Crippen LogP contribution in [0.4, 0.5) is 0 Å². The van der Waals surface area contributed by atoms with E-state index in [0.717, 1.165) is 17.3 Å². The number of carbonyl (C=O) groups is 1. The van der Waals surface area contributed by atoms with E-state index in [1.54, 1.807) is 24.9 Å². The van der Waals surface area contributed by atoms with Crippen LogP contribution in [0.5, 0.6) is 5.75 Å². The molecule has 0 aliphatic heterocycles. The van der Waals surface area contributed by atoms with Crippen molar-refractivity contribution < 1.29 is 13.9 Å². The molecule has 1 N–H and O–H groups in total. The van der Waals surface area contributed by atoms with Gasteiger partial charge in [0.05, 0.1) is 12.0 Å². The number of nitrogens with one attached hydrogen (secondary N) is 1. The van der Waals surface area contributed by atoms with E-state index in [1.165, 1.54) is 5.56 Å². The van der Waals surface area contributed by atoms with Gasteiger partial charge in [0.1, 0.15) is 11.5 Å². The van der Waals surface area contributed by atoms with Crippen molar-refractivity contribution in [1.82, 2.24) is 5.32 Å². The first-order valence-corrected chi connectivity index (χ1v) is 9.67. The third-order valence-electron chi connectivity index (χ3n) is 3.77. The molecule has 0 saturated carbocycles. The van der Waals surface area contributed by atoms with Gasteiger partial charge in [-0.25, -0.2) is 0 Å². The second-order valence-corrected chi connectivity index (χ2v) is 8.06. The number of furan rings is 1. The first-order chi connectivity index (χ1) is 11.9. The molecule has 0 radical (unpaired) electrons. The van der Waals surface area contributed by atoms with Crippen molar-refractivity contribution in [3.8, 4) is 5.75 Å². The Morgan fingerprint density at radius 1 is 1.24 bits per heavy atom. The van der Waals surface area contributed by atoms with E-state index in [9.17, 15) is 4.79 Å². The zero-order chi connectivity index (χ0) is 18.3. The lowest BCUT2D eigenvalue weighted by Gasteiger charge is -2.20. The van der Waals surface area contributed by atoms with Gasteiger partial charge in [-0.2, -0.15) is 11.8 Å². The summed E-state index contributed by atoms with van der Waals surface area (Å²) in [7, 11) is 0. The number of ether oxygens (including phenoxy) is 1. The lowest BCUT2D eigenvalue weighted by Crippen LogP contribution is -2.37. The lowest BCUT2D eigenvalue weighted by molar-refractivity contribution is -0.127. The quantitative estimate of drug-likeness (QED) is 0.708. The zero-order valence-electron chi connectivity index (χ0n) is 15.4. The third-order valence-corrected chi connectivity index (χ3v) is 4.75. The fourth-order valence-corrected chi connectivity index (χ4v) is 3.00. The largest absolute Gasteiger partial charge is 0.481 e. The highest BCUT2D eigenvalue weighted by Crippen LogP contribution is 2.24. The van der Waals surface area contributed by atoms with Gasteiger partial charge in [-0.05, 0) is 42.2 Å². The fourth-order valence-electron chi connectivity index (χ4n) is 2.25. The van der Waals surface area contributed by atoms with Crippen LogP contribution in [-0.2, 0) is 16.0 Å². The molecular weight excluding hydrogens is 334 g/mol. The van der Waals surface area contributed by atoms with Gasteiger partial charge < -0.3 is 14.5 Å². The van der Waals surface area contributed by atoms with Crippen LogP contribution in [0, 0.1) is 0 Å². The third kappa shape index (κ3) is 6.50. The Morgan fingerprint density at radius 2 is 1.96 bits per heavy atom. The van der Waals surface area contributed by atoms with Crippen molar-refractivity contribution in [1.29, 1.82) is 0 Å². The summed E-state index contributed by atoms with van der Waals surface area (Å²) in [5, 5.41) is 2.90. The number of thioether (sulfide) groups is 1. The van der Waals surface area contributed by atoms with Crippen LogP contribution in [0.1, 0.15) is 39.0 Å². The Balaban J connectivity index is 1.69. The summed E-state index contributed by atoms with van der Waals surface area (Å²) in [4.78, 5) is 12.1. The number of carbonyl (C=O) groups excluding carboxylic acids is 1. The highest BCUT2D eigenvalue weighted by atomic mass is 32.2. The monoisotopic (exact) mass is 361 g/mol. The van der Waals surface area contributed by atoms with Gasteiger partial charge in [0.25, 0.3) is 5.91 Å². The number of benzene rings is 1. The molecule has 0 bridgehead atoms. The van der Waals surface area contributed by atoms with E-state index >= 15 is 0 Å². The molecule has 136 valence electrons. The highest BCUT2D eigenvalue weighted by molar-refractivity contribution is 7.98. The maximum Gasteiger partial charge on any atom is 0.260 e. The van der Waals surface area contributed by atoms with Crippen LogP contribution >= 0.6 is 11.8 Å². The molecule has 2 aromatic rings. The fraction of sp³-hybridized carbons (Fsp3) is 0.450. The maximum atomic E-state index is 12.1. The van der Waals surface area contributed by atoms with Crippen LogP contribution in [0.15, 0.2) is 47.1 Å². The summed E-state index contributed by atoms with van der Waals surface area (Å²) in [6.07, 6.45) is 1.15. The minimum atomic E-state index is -0.518. The molecular formula is C20H27NO3S. The maximum absolute atomic E-state index is 12.1. The molecule has 0 spiro atoms. The van der Waals surface area contributed by atoms with Gasteiger partial charge in [0.2, 0.25) is 0 Å². The second kappa shape index (κ2) is 8.99. The summed E-state index contributed by atoms with van der Waals surface area (Å²) >= 11 is 1.72. The molecule has 5 heteroatoms. The second-order valence-electron chi connectivity index (χ2n) is 6.96. The first kappa shape index (κ1) is 19.4. The van der Waals surface area contributed by atoms with E-state index in [1.807, 2.05) is 36.4 Å². The molecule has 1 aromatic carbocycles. The molecule has 0 fully saturated rings. The Morgan fingerprint density at radius 3 is 2.56 bits per heavy atom. The van der Waals surface area contributed by atoms with Gasteiger partial charge >= 0.3 is 0 Å². The molecule has 2 rings (SSSR count). The van der Waals surface area contributed by atoms with Crippen molar-refractivity contribution in [3.63, 3.8) is 0 Å². The summed E-state index contributed by atoms with van der Waals surface area (Å²) in [6, 6.07) is 11.8. The van der Waals surface area contributed by atoms with Crippen molar-refractivity contribution >= 4 is 17.7 Å². The van der Waals surface area contributed by atoms with Crippen LogP contribution in [0.3, 0.4) is 0 Å². The number of rotatable bonds is 8. The molecule has 4 nitrogen and oxygen atoms in total. The molecule has 1 aromatic heterocycles. The van der Waals surface area contributed by atoms with E-state index in [2.05, 4.69) is 26.1 Å². The Hall–Kier alpha value is -1.88. The number of amides is 1. The average molecular weight is 362 g/mol. The van der Waals surface area contributed by atoms with Crippen LogP contribution in [0.25, 0.3) is 0 Å². The topological polar surface area (TPSA) is 51.5 Å². The number of hydrogen-bond acceptors (Lipinski definition) is 4. The minimum Gasteiger partial charge on any atom is -0.481 e. The Labute approximate surface area is 154 Å². The minimum absolute atomic E-state index is 0.0986. The van der Waals surface area contributed by atoms with Crippen molar-refractivity contribution in [2.75, 3.05) is 12.3 Å². The molecule has 25 heavy (non-hydrogen) atoms. The first-order valence-electron chi connectivity index (χ1n) is 8.51. The Bertz CT molecular complexity index is 645. The normalized spacial score (nSPS) is 12.6. The van der Waals surface area contributed by atoms with Gasteiger partial charge in [-0.3, -0.25) is 4.79 Å². The molecule has 0 aliphatic carbocycles. The molecule has 1 atom stereocenters. The molecule has 0 aliphatic rings. The predicted molar refractivity (Wildman–Crippen MR) is 103 cm³/mol. The van der Waals surface area contributed by atoms with Gasteiger partial charge in [0.15, 0.2) is 6.10 Å². The van der Waals surface area contributed by atoms with Crippen molar-refractivity contribution in [2.24, 2.45) is 0 Å². The van der Waals surface area contributed by atoms with E-state index in [4.69, 9.17) is 9.15 Å². The summed E-state index contributed by atoms with van der Waals surface area (Å²) in [6.45, 7) is 8.89. The molecule has 1 amide bonds. The van der Waals surface area contributed by atoms with Crippen LogP contribution in [0.2, 0.25) is 0 Å². The predicted octanol–water partition coefficient (Wildman–Crippen LogP) is 4.39. The van der Waals surface area contributed by atoms with E-state index in [-0.39, 0.29) is 11.3 Å². The van der Waals surface area contributed by atoms with E-state index in [0.29, 0.717) is 12.3 Å². The summed E-state index contributed by atoms with van der Waals surface area (Å²) < 4.78 is 11.0. The average Bonchev–Trinajstić information content (AvgIpc) is 3.07. The number of hydrogen-bond donors (Lipinski definition) is 1. The van der Waals surface area contributed by atoms with Crippen molar-refractivity contribution in [2.45, 2.75) is 45.0 Å². The van der Waals surface area contributed by atoms with E-state index < -0.39 is 6.10 Å². The van der Waals surface area contributed by atoms with Crippen molar-refractivity contribution in [3.05, 3.63) is 54.0 Å². The smallest absolute Gasteiger partial charge is 0.260 e. The van der Waals surface area contributed by atoms with Gasteiger partial charge in [-0.15, -0.1) is 0 Å². The zero-order valence-corrected chi connectivity index (χ0v) is 16.2. The summed E-state index contributed by atoms with van der Waals surface area (Å²) in [5.74, 6) is 3.21.